The Morgan fingerprint density at radius 2 is 1.24 bits per heavy atom. The molecule has 148 valence electrons. The average molecular weight is 386 g/mol. The standard InChI is InChI=1S/C25H26N2O2/c1-28-23-13-4-18(5-14-23)3-8-22(17-19-6-15-24(29-2)16-7-19)20-9-11-21(12-10-20)25(26)27/h4-16H,3,17H2,1-2H3,(H3,26,27). The number of nitrogen functional groups attached to an aromatic ring is 1. The minimum absolute atomic E-state index is 0.0791. The van der Waals surface area contributed by atoms with Crippen LogP contribution in [0, 0.1) is 5.41 Å². The summed E-state index contributed by atoms with van der Waals surface area (Å²) in [4.78, 5) is 0. The van der Waals surface area contributed by atoms with E-state index in [1.807, 2.05) is 48.5 Å². The molecule has 3 aromatic carbocycles. The van der Waals surface area contributed by atoms with E-state index >= 15 is 0 Å². The summed E-state index contributed by atoms with van der Waals surface area (Å²) >= 11 is 0. The molecular weight excluding hydrogens is 360 g/mol. The van der Waals surface area contributed by atoms with Gasteiger partial charge in [-0.2, -0.15) is 0 Å². The van der Waals surface area contributed by atoms with E-state index in [1.165, 1.54) is 16.7 Å². The fraction of sp³-hybridized carbons (Fsp3) is 0.160. The molecule has 0 bridgehead atoms. The lowest BCUT2D eigenvalue weighted by Gasteiger charge is -2.11. The van der Waals surface area contributed by atoms with Gasteiger partial charge >= 0.3 is 0 Å². The third kappa shape index (κ3) is 5.48. The van der Waals surface area contributed by atoms with Crippen LogP contribution in [0.2, 0.25) is 0 Å². The molecule has 3 N–H and O–H groups in total. The molecule has 0 unspecified atom stereocenters. The molecule has 0 fully saturated rings. The van der Waals surface area contributed by atoms with Gasteiger partial charge in [0.25, 0.3) is 0 Å². The smallest absolute Gasteiger partial charge is 0.122 e. The fourth-order valence-corrected chi connectivity index (χ4v) is 3.12. The Morgan fingerprint density at radius 3 is 1.72 bits per heavy atom. The number of amidine groups is 1. The van der Waals surface area contributed by atoms with Crippen LogP contribution in [0.3, 0.4) is 0 Å². The summed E-state index contributed by atoms with van der Waals surface area (Å²) in [7, 11) is 3.35. The maximum absolute atomic E-state index is 7.60. The minimum atomic E-state index is 0.0791. The lowest BCUT2D eigenvalue weighted by Crippen LogP contribution is -2.10. The van der Waals surface area contributed by atoms with E-state index < -0.39 is 0 Å². The maximum Gasteiger partial charge on any atom is 0.122 e. The molecule has 0 heterocycles. The highest BCUT2D eigenvalue weighted by atomic mass is 16.5. The second-order valence-electron chi connectivity index (χ2n) is 6.80. The van der Waals surface area contributed by atoms with E-state index in [9.17, 15) is 0 Å². The zero-order valence-corrected chi connectivity index (χ0v) is 16.8. The SMILES string of the molecule is COc1ccc(CC=C(Cc2ccc(OC)cc2)c2ccc(C(=N)N)cc2)cc1. The second kappa shape index (κ2) is 9.60. The first kappa shape index (κ1) is 20.2. The Bertz CT molecular complexity index is 973. The van der Waals surface area contributed by atoms with Gasteiger partial charge in [-0.1, -0.05) is 54.6 Å². The van der Waals surface area contributed by atoms with Gasteiger partial charge in [-0.05, 0) is 59.4 Å². The van der Waals surface area contributed by atoms with E-state index in [1.54, 1.807) is 14.2 Å². The highest BCUT2D eigenvalue weighted by Gasteiger charge is 2.06. The third-order valence-corrected chi connectivity index (χ3v) is 4.86. The number of hydrogen-bond acceptors (Lipinski definition) is 3. The van der Waals surface area contributed by atoms with Crippen molar-refractivity contribution in [3.8, 4) is 11.5 Å². The predicted molar refractivity (Wildman–Crippen MR) is 119 cm³/mol. The first-order valence-corrected chi connectivity index (χ1v) is 9.49. The molecule has 0 aliphatic heterocycles. The maximum atomic E-state index is 7.60. The largest absolute Gasteiger partial charge is 0.497 e. The summed E-state index contributed by atoms with van der Waals surface area (Å²) in [6.07, 6.45) is 3.89. The number of nitrogens with one attached hydrogen (secondary N) is 1. The van der Waals surface area contributed by atoms with Crippen molar-refractivity contribution >= 4 is 11.4 Å². The third-order valence-electron chi connectivity index (χ3n) is 4.86. The molecule has 3 aromatic rings. The van der Waals surface area contributed by atoms with Crippen LogP contribution < -0.4 is 15.2 Å². The zero-order valence-electron chi connectivity index (χ0n) is 16.8. The normalized spacial score (nSPS) is 11.2. The first-order chi connectivity index (χ1) is 14.1. The Balaban J connectivity index is 1.87. The van der Waals surface area contributed by atoms with E-state index in [0.29, 0.717) is 0 Å². The molecule has 0 aliphatic rings. The van der Waals surface area contributed by atoms with Crippen LogP contribution in [-0.4, -0.2) is 20.1 Å². The summed E-state index contributed by atoms with van der Waals surface area (Å²) in [6, 6.07) is 24.1. The molecule has 0 atom stereocenters. The quantitative estimate of drug-likeness (QED) is 0.429. The van der Waals surface area contributed by atoms with Gasteiger partial charge in [0.15, 0.2) is 0 Å². The molecule has 0 aromatic heterocycles. The second-order valence-corrected chi connectivity index (χ2v) is 6.80. The molecule has 0 radical (unpaired) electrons. The number of methoxy groups -OCH3 is 2. The van der Waals surface area contributed by atoms with Gasteiger partial charge < -0.3 is 15.2 Å². The van der Waals surface area contributed by atoms with Gasteiger partial charge in [0.1, 0.15) is 17.3 Å². The molecule has 4 heteroatoms. The van der Waals surface area contributed by atoms with Crippen molar-refractivity contribution in [2.45, 2.75) is 12.8 Å². The zero-order chi connectivity index (χ0) is 20.6. The van der Waals surface area contributed by atoms with Crippen molar-refractivity contribution in [3.05, 3.63) is 101 Å². The van der Waals surface area contributed by atoms with Crippen molar-refractivity contribution < 1.29 is 9.47 Å². The van der Waals surface area contributed by atoms with Crippen LogP contribution in [0.5, 0.6) is 11.5 Å². The van der Waals surface area contributed by atoms with Gasteiger partial charge in [0.05, 0.1) is 14.2 Å². The number of nitrogens with two attached hydrogens (primary N) is 1. The van der Waals surface area contributed by atoms with Gasteiger partial charge in [-0.3, -0.25) is 5.41 Å². The molecular formula is C25H26N2O2. The summed E-state index contributed by atoms with van der Waals surface area (Å²) in [5, 5.41) is 7.60. The Hall–Kier alpha value is -3.53. The molecule has 0 saturated heterocycles. The molecule has 4 nitrogen and oxygen atoms in total. The monoisotopic (exact) mass is 386 g/mol. The Labute approximate surface area is 172 Å². The van der Waals surface area contributed by atoms with Crippen molar-refractivity contribution in [3.63, 3.8) is 0 Å². The molecule has 3 rings (SSSR count). The van der Waals surface area contributed by atoms with E-state index in [0.717, 1.165) is 35.5 Å². The number of allylic oxidation sites excluding steroid dienone is 2. The van der Waals surface area contributed by atoms with Crippen LogP contribution in [0.15, 0.2) is 78.9 Å². The number of hydrogen-bond donors (Lipinski definition) is 2. The summed E-state index contributed by atoms with van der Waals surface area (Å²) < 4.78 is 10.5. The van der Waals surface area contributed by atoms with Crippen molar-refractivity contribution in [1.29, 1.82) is 5.41 Å². The lowest BCUT2D eigenvalue weighted by atomic mass is 9.95. The van der Waals surface area contributed by atoms with Crippen LogP contribution in [0.4, 0.5) is 0 Å². The highest BCUT2D eigenvalue weighted by molar-refractivity contribution is 5.95. The number of rotatable bonds is 8. The van der Waals surface area contributed by atoms with Crippen molar-refractivity contribution in [2.24, 2.45) is 5.73 Å². The van der Waals surface area contributed by atoms with Gasteiger partial charge in [0, 0.05) is 5.56 Å². The Kier molecular flexibility index (Phi) is 6.69. The highest BCUT2D eigenvalue weighted by Crippen LogP contribution is 2.23. The Morgan fingerprint density at radius 1 is 0.759 bits per heavy atom. The number of benzene rings is 3. The van der Waals surface area contributed by atoms with Crippen LogP contribution in [-0.2, 0) is 12.8 Å². The first-order valence-electron chi connectivity index (χ1n) is 9.49. The summed E-state index contributed by atoms with van der Waals surface area (Å²) in [5.41, 5.74) is 11.1. The van der Waals surface area contributed by atoms with Gasteiger partial charge in [0.2, 0.25) is 0 Å². The van der Waals surface area contributed by atoms with Crippen molar-refractivity contribution in [1.82, 2.24) is 0 Å². The lowest BCUT2D eigenvalue weighted by molar-refractivity contribution is 0.414. The van der Waals surface area contributed by atoms with Gasteiger partial charge in [-0.25, -0.2) is 0 Å². The van der Waals surface area contributed by atoms with E-state index in [2.05, 4.69) is 30.3 Å². The fourth-order valence-electron chi connectivity index (χ4n) is 3.12. The summed E-state index contributed by atoms with van der Waals surface area (Å²) in [6.45, 7) is 0. The van der Waals surface area contributed by atoms with Crippen LogP contribution >= 0.6 is 0 Å². The minimum Gasteiger partial charge on any atom is -0.497 e. The van der Waals surface area contributed by atoms with E-state index in [4.69, 9.17) is 20.6 Å². The van der Waals surface area contributed by atoms with Crippen molar-refractivity contribution in [2.75, 3.05) is 14.2 Å². The van der Waals surface area contributed by atoms with Crippen LogP contribution in [0.25, 0.3) is 5.57 Å². The molecule has 0 amide bonds. The number of ether oxygens (including phenoxy) is 2. The molecule has 0 spiro atoms. The van der Waals surface area contributed by atoms with Crippen LogP contribution in [0.1, 0.15) is 22.3 Å². The summed E-state index contributed by atoms with van der Waals surface area (Å²) in [5.74, 6) is 1.79. The average Bonchev–Trinajstić information content (AvgIpc) is 2.77. The molecule has 29 heavy (non-hydrogen) atoms. The van der Waals surface area contributed by atoms with E-state index in [-0.39, 0.29) is 5.84 Å². The topological polar surface area (TPSA) is 68.3 Å². The predicted octanol–water partition coefficient (Wildman–Crippen LogP) is 4.86. The van der Waals surface area contributed by atoms with Gasteiger partial charge in [-0.15, -0.1) is 0 Å². The molecule has 0 saturated carbocycles. The molecule has 0 aliphatic carbocycles.